The van der Waals surface area contributed by atoms with Crippen molar-refractivity contribution in [3.8, 4) is 0 Å². The fraction of sp³-hybridized carbons (Fsp3) is 0.100. The Bertz CT molecular complexity index is 440. The largest absolute Gasteiger partial charge is 0.392 e. The number of para-hydroxylation sites is 1. The van der Waals surface area contributed by atoms with Gasteiger partial charge >= 0.3 is 0 Å². The number of aliphatic hydroxyl groups excluding tert-OH is 1. The van der Waals surface area contributed by atoms with Crippen LogP contribution in [0.1, 0.15) is 5.56 Å². The number of pyridine rings is 1. The van der Waals surface area contributed by atoms with Crippen molar-refractivity contribution >= 4 is 16.7 Å². The molecular weight excluding hydrogens is 164 g/mol. The highest BCUT2D eigenvalue weighted by Gasteiger charge is 2.01. The molecule has 66 valence electrons. The molecule has 3 N–H and O–H groups in total. The first-order valence-corrected chi connectivity index (χ1v) is 4.06. The Labute approximate surface area is 75.8 Å². The van der Waals surface area contributed by atoms with Crippen molar-refractivity contribution in [1.29, 1.82) is 0 Å². The fourth-order valence-corrected chi connectivity index (χ4v) is 1.40. The summed E-state index contributed by atoms with van der Waals surface area (Å²) < 4.78 is 0. The van der Waals surface area contributed by atoms with Crippen LogP contribution in [0.2, 0.25) is 0 Å². The summed E-state index contributed by atoms with van der Waals surface area (Å²) in [6.45, 7) is -0.00671. The Hall–Kier alpha value is -1.61. The SMILES string of the molecule is Nc1cc(CO)c2ccccc2n1. The van der Waals surface area contributed by atoms with Crippen LogP contribution in [0, 0.1) is 0 Å². The highest BCUT2D eigenvalue weighted by molar-refractivity contribution is 5.83. The van der Waals surface area contributed by atoms with Crippen molar-refractivity contribution in [3.05, 3.63) is 35.9 Å². The topological polar surface area (TPSA) is 59.1 Å². The second-order valence-electron chi connectivity index (χ2n) is 2.88. The predicted octanol–water partition coefficient (Wildman–Crippen LogP) is 1.31. The first-order chi connectivity index (χ1) is 6.31. The van der Waals surface area contributed by atoms with Crippen LogP contribution < -0.4 is 5.73 Å². The number of aromatic nitrogens is 1. The van der Waals surface area contributed by atoms with Crippen molar-refractivity contribution in [2.75, 3.05) is 5.73 Å². The molecule has 0 aliphatic rings. The van der Waals surface area contributed by atoms with E-state index in [1.807, 2.05) is 24.3 Å². The van der Waals surface area contributed by atoms with Crippen LogP contribution in [0.3, 0.4) is 0 Å². The quantitative estimate of drug-likeness (QED) is 0.685. The molecule has 0 spiro atoms. The van der Waals surface area contributed by atoms with E-state index in [4.69, 9.17) is 10.8 Å². The van der Waals surface area contributed by atoms with E-state index in [9.17, 15) is 0 Å². The molecule has 0 amide bonds. The van der Waals surface area contributed by atoms with E-state index in [2.05, 4.69) is 4.98 Å². The molecule has 0 fully saturated rings. The monoisotopic (exact) mass is 174 g/mol. The van der Waals surface area contributed by atoms with Crippen molar-refractivity contribution in [1.82, 2.24) is 4.98 Å². The van der Waals surface area contributed by atoms with Crippen LogP contribution in [0.25, 0.3) is 10.9 Å². The van der Waals surface area contributed by atoms with E-state index in [1.54, 1.807) is 6.07 Å². The van der Waals surface area contributed by atoms with Gasteiger partial charge in [-0.3, -0.25) is 0 Å². The molecule has 0 aliphatic heterocycles. The van der Waals surface area contributed by atoms with E-state index < -0.39 is 0 Å². The summed E-state index contributed by atoms with van der Waals surface area (Å²) in [6, 6.07) is 9.32. The number of fused-ring (bicyclic) bond motifs is 1. The normalized spacial score (nSPS) is 10.5. The summed E-state index contributed by atoms with van der Waals surface area (Å²) in [5, 5.41) is 10.0. The number of aliphatic hydroxyl groups is 1. The van der Waals surface area contributed by atoms with E-state index in [0.717, 1.165) is 16.5 Å². The first kappa shape index (κ1) is 8.01. The van der Waals surface area contributed by atoms with Crippen LogP contribution in [0.15, 0.2) is 30.3 Å². The number of anilines is 1. The number of nitrogen functional groups attached to an aromatic ring is 1. The summed E-state index contributed by atoms with van der Waals surface area (Å²) in [7, 11) is 0. The van der Waals surface area contributed by atoms with Crippen molar-refractivity contribution < 1.29 is 5.11 Å². The summed E-state index contributed by atoms with van der Waals surface area (Å²) in [5.74, 6) is 0.447. The third-order valence-electron chi connectivity index (χ3n) is 1.99. The van der Waals surface area contributed by atoms with E-state index in [1.165, 1.54) is 0 Å². The third kappa shape index (κ3) is 1.34. The molecule has 0 bridgehead atoms. The van der Waals surface area contributed by atoms with Gasteiger partial charge in [-0.15, -0.1) is 0 Å². The van der Waals surface area contributed by atoms with Crippen molar-refractivity contribution in [2.45, 2.75) is 6.61 Å². The van der Waals surface area contributed by atoms with Gasteiger partial charge < -0.3 is 10.8 Å². The molecule has 1 aromatic heterocycles. The van der Waals surface area contributed by atoms with Gasteiger partial charge in [-0.05, 0) is 17.7 Å². The Morgan fingerprint density at radius 1 is 1.31 bits per heavy atom. The van der Waals surface area contributed by atoms with Gasteiger partial charge in [0.05, 0.1) is 12.1 Å². The summed E-state index contributed by atoms with van der Waals surface area (Å²) >= 11 is 0. The minimum absolute atomic E-state index is 0.00671. The van der Waals surface area contributed by atoms with Crippen LogP contribution in [-0.4, -0.2) is 10.1 Å². The third-order valence-corrected chi connectivity index (χ3v) is 1.99. The molecule has 2 rings (SSSR count). The van der Waals surface area contributed by atoms with Crippen molar-refractivity contribution in [2.24, 2.45) is 0 Å². The molecule has 13 heavy (non-hydrogen) atoms. The first-order valence-electron chi connectivity index (χ1n) is 4.06. The summed E-state index contributed by atoms with van der Waals surface area (Å²) in [5.41, 5.74) is 7.23. The number of hydrogen-bond acceptors (Lipinski definition) is 3. The molecule has 0 saturated heterocycles. The Balaban J connectivity index is 2.81. The second-order valence-corrected chi connectivity index (χ2v) is 2.88. The van der Waals surface area contributed by atoms with Gasteiger partial charge in [-0.2, -0.15) is 0 Å². The van der Waals surface area contributed by atoms with Crippen LogP contribution >= 0.6 is 0 Å². The van der Waals surface area contributed by atoms with Gasteiger partial charge in [0.1, 0.15) is 5.82 Å². The predicted molar refractivity (Wildman–Crippen MR) is 52.1 cm³/mol. The van der Waals surface area contributed by atoms with Crippen LogP contribution in [0.4, 0.5) is 5.82 Å². The number of rotatable bonds is 1. The van der Waals surface area contributed by atoms with Gasteiger partial charge in [0.25, 0.3) is 0 Å². The number of nitrogens with two attached hydrogens (primary N) is 1. The lowest BCUT2D eigenvalue weighted by molar-refractivity contribution is 0.283. The van der Waals surface area contributed by atoms with Crippen LogP contribution in [-0.2, 0) is 6.61 Å². The molecule has 0 unspecified atom stereocenters. The molecule has 2 aromatic rings. The standard InChI is InChI=1S/C10H10N2O/c11-10-5-7(6-13)8-3-1-2-4-9(8)12-10/h1-5,13H,6H2,(H2,11,12). The lowest BCUT2D eigenvalue weighted by atomic mass is 10.1. The van der Waals surface area contributed by atoms with Gasteiger partial charge in [-0.25, -0.2) is 4.98 Å². The molecule has 1 aromatic carbocycles. The van der Waals surface area contributed by atoms with E-state index in [0.29, 0.717) is 5.82 Å². The molecule has 3 heteroatoms. The van der Waals surface area contributed by atoms with Gasteiger partial charge in [0.2, 0.25) is 0 Å². The van der Waals surface area contributed by atoms with E-state index >= 15 is 0 Å². The molecule has 0 atom stereocenters. The lowest BCUT2D eigenvalue weighted by Gasteiger charge is -2.03. The van der Waals surface area contributed by atoms with E-state index in [-0.39, 0.29) is 6.61 Å². The fourth-order valence-electron chi connectivity index (χ4n) is 1.40. The van der Waals surface area contributed by atoms with Crippen LogP contribution in [0.5, 0.6) is 0 Å². The highest BCUT2D eigenvalue weighted by Crippen LogP contribution is 2.18. The smallest absolute Gasteiger partial charge is 0.124 e. The average molecular weight is 174 g/mol. The zero-order valence-corrected chi connectivity index (χ0v) is 7.07. The maximum Gasteiger partial charge on any atom is 0.124 e. The number of hydrogen-bond donors (Lipinski definition) is 2. The highest BCUT2D eigenvalue weighted by atomic mass is 16.3. The minimum atomic E-state index is -0.00671. The molecular formula is C10H10N2O. The zero-order valence-electron chi connectivity index (χ0n) is 7.07. The molecule has 0 saturated carbocycles. The number of benzene rings is 1. The molecule has 0 radical (unpaired) electrons. The molecule has 1 heterocycles. The molecule has 3 nitrogen and oxygen atoms in total. The van der Waals surface area contributed by atoms with Gasteiger partial charge in [0, 0.05) is 5.39 Å². The molecule has 0 aliphatic carbocycles. The van der Waals surface area contributed by atoms with Gasteiger partial charge in [-0.1, -0.05) is 18.2 Å². The van der Waals surface area contributed by atoms with Gasteiger partial charge in [0.15, 0.2) is 0 Å². The maximum absolute atomic E-state index is 9.08. The average Bonchev–Trinajstić information content (AvgIpc) is 2.16. The maximum atomic E-state index is 9.08. The zero-order chi connectivity index (χ0) is 9.26. The number of nitrogens with zero attached hydrogens (tertiary/aromatic N) is 1. The van der Waals surface area contributed by atoms with Crippen molar-refractivity contribution in [3.63, 3.8) is 0 Å². The lowest BCUT2D eigenvalue weighted by Crippen LogP contribution is -1.94. The second kappa shape index (κ2) is 3.03. The summed E-state index contributed by atoms with van der Waals surface area (Å²) in [4.78, 5) is 4.15. The summed E-state index contributed by atoms with van der Waals surface area (Å²) in [6.07, 6.45) is 0. The Morgan fingerprint density at radius 2 is 2.08 bits per heavy atom. The minimum Gasteiger partial charge on any atom is -0.392 e. The Morgan fingerprint density at radius 3 is 2.85 bits per heavy atom. The Kier molecular flexibility index (Phi) is 1.87.